The molecule has 0 aromatic heterocycles. The number of hydrogen-bond acceptors (Lipinski definition) is 4. The lowest BCUT2D eigenvalue weighted by Gasteiger charge is -2.18. The predicted molar refractivity (Wildman–Crippen MR) is 98.6 cm³/mol. The van der Waals surface area contributed by atoms with Crippen molar-refractivity contribution < 1.29 is 22.3 Å². The zero-order chi connectivity index (χ0) is 19.4. The molecule has 8 heteroatoms. The molecule has 0 heterocycles. The SMILES string of the molecule is CN(CCOc1ccccc1F)C(=O)c1cccc(S(=O)(=O)NC2CC2)c1. The molecule has 2 aromatic carbocycles. The van der Waals surface area contributed by atoms with Crippen molar-refractivity contribution in [1.29, 1.82) is 0 Å². The number of nitrogens with one attached hydrogen (secondary N) is 1. The van der Waals surface area contributed by atoms with Crippen LogP contribution in [0.2, 0.25) is 0 Å². The summed E-state index contributed by atoms with van der Waals surface area (Å²) in [4.78, 5) is 14.0. The van der Waals surface area contributed by atoms with Gasteiger partial charge < -0.3 is 9.64 Å². The Bertz CT molecular complexity index is 929. The highest BCUT2D eigenvalue weighted by Gasteiger charge is 2.28. The topological polar surface area (TPSA) is 75.7 Å². The third-order valence-corrected chi connectivity index (χ3v) is 5.68. The normalized spacial score (nSPS) is 14.0. The van der Waals surface area contributed by atoms with Gasteiger partial charge in [-0.15, -0.1) is 0 Å². The molecule has 6 nitrogen and oxygen atoms in total. The smallest absolute Gasteiger partial charge is 0.253 e. The maximum absolute atomic E-state index is 13.5. The molecule has 0 saturated heterocycles. The fraction of sp³-hybridized carbons (Fsp3) is 0.316. The molecule has 1 aliphatic rings. The summed E-state index contributed by atoms with van der Waals surface area (Å²) in [6.45, 7) is 0.342. The van der Waals surface area contributed by atoms with Crippen LogP contribution < -0.4 is 9.46 Å². The zero-order valence-corrected chi connectivity index (χ0v) is 15.7. The van der Waals surface area contributed by atoms with Crippen LogP contribution in [0.1, 0.15) is 23.2 Å². The number of halogens is 1. The number of rotatable bonds is 8. The van der Waals surface area contributed by atoms with E-state index in [0.29, 0.717) is 0 Å². The van der Waals surface area contributed by atoms with Gasteiger partial charge >= 0.3 is 0 Å². The quantitative estimate of drug-likeness (QED) is 0.749. The van der Waals surface area contributed by atoms with E-state index in [-0.39, 0.29) is 41.3 Å². The van der Waals surface area contributed by atoms with E-state index in [1.165, 1.54) is 29.2 Å². The van der Waals surface area contributed by atoms with Crippen LogP contribution in [0.25, 0.3) is 0 Å². The van der Waals surface area contributed by atoms with Gasteiger partial charge in [0.15, 0.2) is 11.6 Å². The van der Waals surface area contributed by atoms with Crippen LogP contribution in [0, 0.1) is 5.82 Å². The number of hydrogen-bond donors (Lipinski definition) is 1. The highest BCUT2D eigenvalue weighted by Crippen LogP contribution is 2.22. The van der Waals surface area contributed by atoms with E-state index < -0.39 is 15.8 Å². The van der Waals surface area contributed by atoms with Crippen LogP contribution in [0.3, 0.4) is 0 Å². The number of para-hydroxylation sites is 1. The summed E-state index contributed by atoms with van der Waals surface area (Å²) in [6.07, 6.45) is 1.67. The van der Waals surface area contributed by atoms with E-state index in [2.05, 4.69) is 4.72 Å². The minimum atomic E-state index is -3.62. The lowest BCUT2D eigenvalue weighted by Crippen LogP contribution is -2.31. The van der Waals surface area contributed by atoms with Gasteiger partial charge in [-0.3, -0.25) is 4.79 Å². The van der Waals surface area contributed by atoms with Crippen molar-refractivity contribution >= 4 is 15.9 Å². The molecular weight excluding hydrogens is 371 g/mol. The van der Waals surface area contributed by atoms with Crippen LogP contribution in [0.4, 0.5) is 4.39 Å². The molecule has 0 aliphatic heterocycles. The molecule has 0 radical (unpaired) electrons. The van der Waals surface area contributed by atoms with Gasteiger partial charge in [-0.2, -0.15) is 0 Å². The summed E-state index contributed by atoms with van der Waals surface area (Å²) >= 11 is 0. The average molecular weight is 392 g/mol. The summed E-state index contributed by atoms with van der Waals surface area (Å²) in [5.74, 6) is -0.680. The minimum absolute atomic E-state index is 0.00689. The summed E-state index contributed by atoms with van der Waals surface area (Å²) in [5.41, 5.74) is 0.266. The maximum Gasteiger partial charge on any atom is 0.253 e. The number of ether oxygens (including phenoxy) is 1. The summed E-state index contributed by atoms with van der Waals surface area (Å²) in [7, 11) is -2.04. The molecule has 1 N–H and O–H groups in total. The lowest BCUT2D eigenvalue weighted by atomic mass is 10.2. The van der Waals surface area contributed by atoms with Gasteiger partial charge in [-0.05, 0) is 43.2 Å². The molecule has 0 unspecified atom stereocenters. The molecule has 1 fully saturated rings. The predicted octanol–water partition coefficient (Wildman–Crippen LogP) is 2.42. The monoisotopic (exact) mass is 392 g/mol. The molecule has 1 saturated carbocycles. The summed E-state index contributed by atoms with van der Waals surface area (Å²) in [6, 6.07) is 12.0. The first-order chi connectivity index (χ1) is 12.9. The first-order valence-electron chi connectivity index (χ1n) is 8.62. The Morgan fingerprint density at radius 2 is 1.96 bits per heavy atom. The van der Waals surface area contributed by atoms with Gasteiger partial charge in [0.25, 0.3) is 5.91 Å². The molecule has 0 bridgehead atoms. The fourth-order valence-corrected chi connectivity index (χ4v) is 3.81. The number of carbonyl (C=O) groups excluding carboxylic acids is 1. The van der Waals surface area contributed by atoms with E-state index in [9.17, 15) is 17.6 Å². The van der Waals surface area contributed by atoms with Crippen molar-refractivity contribution in [2.24, 2.45) is 0 Å². The van der Waals surface area contributed by atoms with Crippen molar-refractivity contribution in [1.82, 2.24) is 9.62 Å². The summed E-state index contributed by atoms with van der Waals surface area (Å²) in [5, 5.41) is 0. The summed E-state index contributed by atoms with van der Waals surface area (Å²) < 4.78 is 46.1. The Morgan fingerprint density at radius 3 is 2.67 bits per heavy atom. The van der Waals surface area contributed by atoms with Gasteiger partial charge in [0.2, 0.25) is 10.0 Å². The highest BCUT2D eigenvalue weighted by molar-refractivity contribution is 7.89. The number of benzene rings is 2. The van der Waals surface area contributed by atoms with Gasteiger partial charge in [0.1, 0.15) is 6.61 Å². The van der Waals surface area contributed by atoms with Crippen molar-refractivity contribution in [3.63, 3.8) is 0 Å². The molecule has 1 amide bonds. The van der Waals surface area contributed by atoms with Crippen LogP contribution in [-0.2, 0) is 10.0 Å². The van der Waals surface area contributed by atoms with Gasteiger partial charge in [-0.25, -0.2) is 17.5 Å². The zero-order valence-electron chi connectivity index (χ0n) is 14.9. The standard InChI is InChI=1S/C19H21FN2O4S/c1-22(11-12-26-18-8-3-2-7-17(18)20)19(23)14-5-4-6-16(13-14)27(24,25)21-15-9-10-15/h2-8,13,15,21H,9-12H2,1H3. The molecule has 0 atom stereocenters. The Hall–Kier alpha value is -2.45. The van der Waals surface area contributed by atoms with E-state index >= 15 is 0 Å². The van der Waals surface area contributed by atoms with Gasteiger partial charge in [0, 0.05) is 18.7 Å². The second-order valence-electron chi connectivity index (χ2n) is 6.43. The molecule has 0 spiro atoms. The lowest BCUT2D eigenvalue weighted by molar-refractivity contribution is 0.0772. The molecule has 1 aliphatic carbocycles. The highest BCUT2D eigenvalue weighted by atomic mass is 32.2. The van der Waals surface area contributed by atoms with E-state index in [4.69, 9.17) is 4.74 Å². The van der Waals surface area contributed by atoms with E-state index in [1.54, 1.807) is 31.3 Å². The van der Waals surface area contributed by atoms with Crippen LogP contribution in [0.15, 0.2) is 53.4 Å². The van der Waals surface area contributed by atoms with Crippen molar-refractivity contribution in [2.75, 3.05) is 20.2 Å². The van der Waals surface area contributed by atoms with Crippen molar-refractivity contribution in [3.05, 3.63) is 59.9 Å². The Kier molecular flexibility index (Phi) is 5.76. The van der Waals surface area contributed by atoms with E-state index in [1.807, 2.05) is 0 Å². The van der Waals surface area contributed by atoms with Crippen molar-refractivity contribution in [2.45, 2.75) is 23.8 Å². The van der Waals surface area contributed by atoms with Crippen LogP contribution in [-0.4, -0.2) is 45.5 Å². The molecule has 144 valence electrons. The molecule has 3 rings (SSSR count). The minimum Gasteiger partial charge on any atom is -0.489 e. The number of sulfonamides is 1. The van der Waals surface area contributed by atoms with Crippen LogP contribution in [0.5, 0.6) is 5.75 Å². The Morgan fingerprint density at radius 1 is 1.22 bits per heavy atom. The van der Waals surface area contributed by atoms with Crippen molar-refractivity contribution in [3.8, 4) is 5.75 Å². The Balaban J connectivity index is 1.61. The number of nitrogens with zero attached hydrogens (tertiary/aromatic N) is 1. The maximum atomic E-state index is 13.5. The first kappa shape index (κ1) is 19.3. The van der Waals surface area contributed by atoms with E-state index in [0.717, 1.165) is 12.8 Å². The second kappa shape index (κ2) is 8.06. The molecule has 2 aromatic rings. The average Bonchev–Trinajstić information content (AvgIpc) is 3.46. The van der Waals surface area contributed by atoms with Gasteiger partial charge in [0.05, 0.1) is 11.4 Å². The third kappa shape index (κ3) is 5.05. The number of amides is 1. The van der Waals surface area contributed by atoms with Crippen LogP contribution >= 0.6 is 0 Å². The first-order valence-corrected chi connectivity index (χ1v) is 10.1. The number of likely N-dealkylation sites (N-methyl/N-ethyl adjacent to an activating group) is 1. The number of carbonyl (C=O) groups is 1. The molecular formula is C19H21FN2O4S. The van der Waals surface area contributed by atoms with Gasteiger partial charge in [-0.1, -0.05) is 18.2 Å². The molecule has 27 heavy (non-hydrogen) atoms. The second-order valence-corrected chi connectivity index (χ2v) is 8.14. The fourth-order valence-electron chi connectivity index (χ4n) is 2.46. The third-order valence-electron chi connectivity index (χ3n) is 4.16. The largest absolute Gasteiger partial charge is 0.489 e. The Labute approximate surface area is 158 Å².